The number of carbonyl (C=O) groups excluding carboxylic acids is 1. The van der Waals surface area contributed by atoms with Crippen molar-refractivity contribution in [2.75, 3.05) is 40.0 Å². The van der Waals surface area contributed by atoms with Gasteiger partial charge in [0.25, 0.3) is 0 Å². The quantitative estimate of drug-likeness (QED) is 0.759. The van der Waals surface area contributed by atoms with E-state index in [9.17, 15) is 4.79 Å². The van der Waals surface area contributed by atoms with E-state index >= 15 is 0 Å². The highest BCUT2D eigenvalue weighted by molar-refractivity contribution is 7.12. The molecule has 3 heterocycles. The van der Waals surface area contributed by atoms with Crippen molar-refractivity contribution < 1.29 is 14.3 Å². The van der Waals surface area contributed by atoms with Crippen LogP contribution in [0.1, 0.15) is 61.8 Å². The number of likely N-dealkylation sites (tertiary alicyclic amines) is 1. The summed E-state index contributed by atoms with van der Waals surface area (Å²) in [4.78, 5) is 17.3. The Bertz CT molecular complexity index is 661. The van der Waals surface area contributed by atoms with Crippen LogP contribution in [0.4, 0.5) is 0 Å². The average Bonchev–Trinajstić information content (AvgIpc) is 3.15. The van der Waals surface area contributed by atoms with Gasteiger partial charge >= 0.3 is 0 Å². The minimum Gasteiger partial charge on any atom is -0.375 e. The maximum atomic E-state index is 11.6. The van der Waals surface area contributed by atoms with E-state index in [0.717, 1.165) is 64.8 Å². The molecule has 1 saturated carbocycles. The van der Waals surface area contributed by atoms with Gasteiger partial charge in [0.1, 0.15) is 6.61 Å². The number of hydrogen-bond donors (Lipinski definition) is 1. The molecule has 5 nitrogen and oxygen atoms in total. The third kappa shape index (κ3) is 5.22. The highest BCUT2D eigenvalue weighted by Crippen LogP contribution is 2.45. The van der Waals surface area contributed by atoms with E-state index in [1.807, 2.05) is 25.2 Å². The molecule has 1 aliphatic carbocycles. The summed E-state index contributed by atoms with van der Waals surface area (Å²) in [5.74, 6) is 0.718. The number of aryl methyl sites for hydroxylation is 1. The Morgan fingerprint density at radius 2 is 2.07 bits per heavy atom. The summed E-state index contributed by atoms with van der Waals surface area (Å²) in [5.41, 5.74) is 1.48. The SMILES string of the molecule is CC.CCc1cc2c(s1)CCOC21CCN(CC2CC(NC(=O)COC)C2)CC1. The van der Waals surface area contributed by atoms with Crippen molar-refractivity contribution in [3.63, 3.8) is 0 Å². The van der Waals surface area contributed by atoms with Crippen molar-refractivity contribution in [3.05, 3.63) is 21.4 Å². The number of methoxy groups -OCH3 is 1. The Hall–Kier alpha value is -0.950. The Labute approximate surface area is 180 Å². The van der Waals surface area contributed by atoms with E-state index in [1.165, 1.54) is 10.4 Å². The fraction of sp³-hybridized carbons (Fsp3) is 0.783. The number of hydrogen-bond acceptors (Lipinski definition) is 5. The topological polar surface area (TPSA) is 50.8 Å². The van der Waals surface area contributed by atoms with Crippen molar-refractivity contribution in [2.24, 2.45) is 5.92 Å². The average molecular weight is 423 g/mol. The monoisotopic (exact) mass is 422 g/mol. The van der Waals surface area contributed by atoms with Gasteiger partial charge in [0, 0.05) is 49.0 Å². The lowest BCUT2D eigenvalue weighted by atomic mass is 9.78. The van der Waals surface area contributed by atoms with Crippen LogP contribution >= 0.6 is 11.3 Å². The minimum atomic E-state index is -0.0235. The van der Waals surface area contributed by atoms with E-state index in [4.69, 9.17) is 9.47 Å². The second kappa shape index (κ2) is 10.4. The van der Waals surface area contributed by atoms with Crippen LogP contribution in [0.25, 0.3) is 0 Å². The highest BCUT2D eigenvalue weighted by atomic mass is 32.1. The van der Waals surface area contributed by atoms with E-state index < -0.39 is 0 Å². The highest BCUT2D eigenvalue weighted by Gasteiger charge is 2.42. The lowest BCUT2D eigenvalue weighted by Crippen LogP contribution is -2.51. The standard InChI is InChI=1S/C21H32N2O3S.C2H6/c1-3-17-12-18-19(27-17)4-9-26-21(18)5-7-23(8-6-21)13-15-10-16(11-15)22-20(24)14-25-2;1-2/h12,15-16H,3-11,13-14H2,1-2H3,(H,22,24);1-2H3. The summed E-state index contributed by atoms with van der Waals surface area (Å²) < 4.78 is 11.3. The number of nitrogens with one attached hydrogen (secondary N) is 1. The molecule has 0 atom stereocenters. The fourth-order valence-electron chi connectivity index (χ4n) is 4.93. The van der Waals surface area contributed by atoms with Crippen molar-refractivity contribution in [1.82, 2.24) is 10.2 Å². The van der Waals surface area contributed by atoms with Crippen LogP contribution in [0.3, 0.4) is 0 Å². The van der Waals surface area contributed by atoms with Crippen LogP contribution in [0.15, 0.2) is 6.07 Å². The zero-order valence-electron chi connectivity index (χ0n) is 18.6. The summed E-state index contributed by atoms with van der Waals surface area (Å²) in [6.45, 7) is 10.7. The molecule has 4 rings (SSSR count). The van der Waals surface area contributed by atoms with Gasteiger partial charge in [-0.2, -0.15) is 0 Å². The van der Waals surface area contributed by atoms with Crippen LogP contribution in [-0.4, -0.2) is 56.8 Å². The smallest absolute Gasteiger partial charge is 0.246 e. The molecule has 6 heteroatoms. The zero-order valence-corrected chi connectivity index (χ0v) is 19.4. The van der Waals surface area contributed by atoms with E-state index in [0.29, 0.717) is 12.0 Å². The zero-order chi connectivity index (χ0) is 20.9. The molecule has 29 heavy (non-hydrogen) atoms. The van der Waals surface area contributed by atoms with Gasteiger partial charge in [-0.25, -0.2) is 0 Å². The van der Waals surface area contributed by atoms with Crippen molar-refractivity contribution in [1.29, 1.82) is 0 Å². The molecule has 1 N–H and O–H groups in total. The third-order valence-electron chi connectivity index (χ3n) is 6.46. The first kappa shape index (κ1) is 22.7. The Morgan fingerprint density at radius 1 is 1.34 bits per heavy atom. The van der Waals surface area contributed by atoms with Crippen LogP contribution < -0.4 is 5.32 Å². The molecule has 164 valence electrons. The molecule has 3 aliphatic rings. The van der Waals surface area contributed by atoms with Gasteiger partial charge in [-0.15, -0.1) is 11.3 Å². The Kier molecular flexibility index (Phi) is 8.14. The van der Waals surface area contributed by atoms with Gasteiger partial charge < -0.3 is 19.7 Å². The summed E-state index contributed by atoms with van der Waals surface area (Å²) in [6, 6.07) is 2.77. The number of carbonyl (C=O) groups is 1. The first-order valence-corrected chi connectivity index (χ1v) is 12.2. The summed E-state index contributed by atoms with van der Waals surface area (Å²) >= 11 is 2.00. The van der Waals surface area contributed by atoms with Crippen LogP contribution in [0.5, 0.6) is 0 Å². The maximum absolute atomic E-state index is 11.6. The molecular formula is C23H38N2O3S. The van der Waals surface area contributed by atoms with Crippen molar-refractivity contribution in [3.8, 4) is 0 Å². The second-order valence-corrected chi connectivity index (χ2v) is 9.55. The predicted molar refractivity (Wildman–Crippen MR) is 119 cm³/mol. The number of ether oxygens (including phenoxy) is 2. The van der Waals surface area contributed by atoms with Crippen LogP contribution in [-0.2, 0) is 32.7 Å². The molecule has 0 aromatic carbocycles. The number of thiophene rings is 1. The summed E-state index contributed by atoms with van der Waals surface area (Å²) in [7, 11) is 1.56. The molecule has 1 aromatic heterocycles. The van der Waals surface area contributed by atoms with Gasteiger partial charge in [0.05, 0.1) is 12.2 Å². The molecule has 2 aliphatic heterocycles. The number of fused-ring (bicyclic) bond motifs is 2. The maximum Gasteiger partial charge on any atom is 0.246 e. The molecule has 2 fully saturated rings. The first-order valence-electron chi connectivity index (χ1n) is 11.4. The molecule has 0 bridgehead atoms. The van der Waals surface area contributed by atoms with Crippen molar-refractivity contribution in [2.45, 2.75) is 70.9 Å². The first-order chi connectivity index (χ1) is 14.1. The molecule has 1 amide bonds. The van der Waals surface area contributed by atoms with Crippen molar-refractivity contribution >= 4 is 17.2 Å². The van der Waals surface area contributed by atoms with E-state index in [1.54, 1.807) is 12.0 Å². The molecule has 0 radical (unpaired) electrons. The van der Waals surface area contributed by atoms with Gasteiger partial charge in [-0.05, 0) is 49.7 Å². The van der Waals surface area contributed by atoms with E-state index in [2.05, 4.69) is 23.2 Å². The lowest BCUT2D eigenvalue weighted by Gasteiger charge is -2.46. The number of amides is 1. The largest absolute Gasteiger partial charge is 0.375 e. The number of piperidine rings is 1. The summed E-state index contributed by atoms with van der Waals surface area (Å²) in [6.07, 6.45) is 6.64. The Balaban J connectivity index is 0.00000117. The molecule has 1 saturated heterocycles. The normalized spacial score (nSPS) is 25.5. The molecule has 1 aromatic rings. The van der Waals surface area contributed by atoms with E-state index in [-0.39, 0.29) is 18.1 Å². The predicted octanol–water partition coefficient (Wildman–Crippen LogP) is 3.74. The molecular weight excluding hydrogens is 384 g/mol. The minimum absolute atomic E-state index is 0.00771. The number of nitrogens with zero attached hydrogens (tertiary/aromatic N) is 1. The van der Waals surface area contributed by atoms with Gasteiger partial charge in [-0.3, -0.25) is 4.79 Å². The fourth-order valence-corrected chi connectivity index (χ4v) is 6.10. The number of rotatable bonds is 6. The van der Waals surface area contributed by atoms with Gasteiger partial charge in [-0.1, -0.05) is 20.8 Å². The Morgan fingerprint density at radius 3 is 2.72 bits per heavy atom. The lowest BCUT2D eigenvalue weighted by molar-refractivity contribution is -0.126. The summed E-state index contributed by atoms with van der Waals surface area (Å²) in [5, 5.41) is 3.05. The molecule has 0 unspecified atom stereocenters. The second-order valence-electron chi connectivity index (χ2n) is 8.33. The third-order valence-corrected chi connectivity index (χ3v) is 7.80. The molecule has 1 spiro atoms. The van der Waals surface area contributed by atoms with Crippen LogP contribution in [0, 0.1) is 5.92 Å². The van der Waals surface area contributed by atoms with Gasteiger partial charge in [0.2, 0.25) is 5.91 Å². The van der Waals surface area contributed by atoms with Crippen LogP contribution in [0.2, 0.25) is 0 Å². The van der Waals surface area contributed by atoms with Gasteiger partial charge in [0.15, 0.2) is 0 Å².